The lowest BCUT2D eigenvalue weighted by molar-refractivity contribution is -0.119. The van der Waals surface area contributed by atoms with Crippen molar-refractivity contribution in [1.82, 2.24) is 5.32 Å². The highest BCUT2D eigenvalue weighted by Gasteiger charge is 2.30. The smallest absolute Gasteiger partial charge is 0.264 e. The second-order valence-electron chi connectivity index (χ2n) is 7.49. The molecule has 1 amide bonds. The van der Waals surface area contributed by atoms with Gasteiger partial charge in [0.2, 0.25) is 5.91 Å². The van der Waals surface area contributed by atoms with Crippen molar-refractivity contribution in [3.63, 3.8) is 0 Å². The quantitative estimate of drug-likeness (QED) is 0.413. The van der Waals surface area contributed by atoms with E-state index in [0.29, 0.717) is 23.8 Å². The Labute approximate surface area is 196 Å². The Balaban J connectivity index is 2.33. The van der Waals surface area contributed by atoms with Gasteiger partial charge >= 0.3 is 0 Å². The third-order valence-electron chi connectivity index (χ3n) is 5.19. The second-order valence-corrected chi connectivity index (χ2v) is 9.35. The summed E-state index contributed by atoms with van der Waals surface area (Å²) in [6.45, 7) is 2.24. The lowest BCUT2D eigenvalue weighted by Crippen LogP contribution is -2.41. The van der Waals surface area contributed by atoms with Crippen molar-refractivity contribution < 1.29 is 27.4 Å². The molecule has 1 N–H and O–H groups in total. The molecule has 0 aliphatic carbocycles. The number of rotatable bonds is 14. The van der Waals surface area contributed by atoms with Crippen molar-refractivity contribution in [2.45, 2.75) is 43.9 Å². The zero-order valence-corrected chi connectivity index (χ0v) is 20.6. The number of methoxy groups -OCH3 is 3. The van der Waals surface area contributed by atoms with Crippen molar-refractivity contribution in [2.75, 3.05) is 38.7 Å². The number of hydrogen-bond donors (Lipinski definition) is 1. The number of nitrogens with zero attached hydrogens (tertiary/aromatic N) is 1. The summed E-state index contributed by atoms with van der Waals surface area (Å²) in [5.41, 5.74) is 0.214. The summed E-state index contributed by atoms with van der Waals surface area (Å²) < 4.78 is 44.0. The average molecular weight is 479 g/mol. The fraction of sp³-hybridized carbons (Fsp3) is 0.458. The number of benzene rings is 2. The van der Waals surface area contributed by atoms with Crippen LogP contribution in [0.3, 0.4) is 0 Å². The first-order valence-electron chi connectivity index (χ1n) is 11.0. The number of sulfonamides is 1. The van der Waals surface area contributed by atoms with Crippen LogP contribution >= 0.6 is 0 Å². The fourth-order valence-electron chi connectivity index (χ4n) is 3.31. The van der Waals surface area contributed by atoms with E-state index < -0.39 is 22.5 Å². The van der Waals surface area contributed by atoms with Crippen LogP contribution in [-0.2, 0) is 14.8 Å². The first-order chi connectivity index (χ1) is 15.9. The largest absolute Gasteiger partial charge is 0.497 e. The van der Waals surface area contributed by atoms with Gasteiger partial charge in [-0.25, -0.2) is 8.42 Å². The van der Waals surface area contributed by atoms with Crippen molar-refractivity contribution in [3.8, 4) is 17.2 Å². The first kappa shape index (κ1) is 26.3. The highest BCUT2D eigenvalue weighted by atomic mass is 32.2. The van der Waals surface area contributed by atoms with Crippen LogP contribution in [-0.4, -0.2) is 48.7 Å². The molecule has 0 saturated heterocycles. The third-order valence-corrected chi connectivity index (χ3v) is 6.97. The maximum Gasteiger partial charge on any atom is 0.264 e. The number of anilines is 1. The van der Waals surface area contributed by atoms with E-state index in [9.17, 15) is 13.2 Å². The molecule has 0 bridgehead atoms. The van der Waals surface area contributed by atoms with E-state index in [0.717, 1.165) is 36.4 Å². The Morgan fingerprint density at radius 3 is 2.12 bits per heavy atom. The van der Waals surface area contributed by atoms with Gasteiger partial charge in [0.15, 0.2) is 0 Å². The molecule has 182 valence electrons. The van der Waals surface area contributed by atoms with Crippen molar-refractivity contribution in [1.29, 1.82) is 0 Å². The van der Waals surface area contributed by atoms with Gasteiger partial charge in [-0.1, -0.05) is 32.6 Å². The number of ether oxygens (including phenoxy) is 3. The first-order valence-corrected chi connectivity index (χ1v) is 12.5. The molecule has 0 aromatic heterocycles. The van der Waals surface area contributed by atoms with Gasteiger partial charge in [0.1, 0.15) is 23.8 Å². The zero-order valence-electron chi connectivity index (χ0n) is 19.8. The predicted molar refractivity (Wildman–Crippen MR) is 129 cm³/mol. The molecule has 0 atom stereocenters. The SMILES string of the molecule is CCCCCCCNC(=O)CN(c1cc(OC)ccc1OC)S(=O)(=O)c1ccc(OC)cc1. The van der Waals surface area contributed by atoms with Gasteiger partial charge in [-0.05, 0) is 42.8 Å². The molecule has 0 aliphatic heterocycles. The molecule has 8 nitrogen and oxygen atoms in total. The van der Waals surface area contributed by atoms with E-state index in [1.165, 1.54) is 39.5 Å². The van der Waals surface area contributed by atoms with E-state index >= 15 is 0 Å². The summed E-state index contributed by atoms with van der Waals surface area (Å²) in [5.74, 6) is 0.880. The number of carbonyl (C=O) groups excluding carboxylic acids is 1. The van der Waals surface area contributed by atoms with Gasteiger partial charge in [0.05, 0.1) is 31.9 Å². The van der Waals surface area contributed by atoms with E-state index in [1.807, 2.05) is 0 Å². The Morgan fingerprint density at radius 1 is 0.879 bits per heavy atom. The van der Waals surface area contributed by atoms with Crippen LogP contribution in [0.4, 0.5) is 5.69 Å². The minimum Gasteiger partial charge on any atom is -0.497 e. The molecule has 0 radical (unpaired) electrons. The number of carbonyl (C=O) groups is 1. The number of amides is 1. The topological polar surface area (TPSA) is 94.2 Å². The molecule has 0 heterocycles. The van der Waals surface area contributed by atoms with Crippen molar-refractivity contribution in [3.05, 3.63) is 42.5 Å². The van der Waals surface area contributed by atoms with Gasteiger partial charge in [-0.3, -0.25) is 9.10 Å². The summed E-state index contributed by atoms with van der Waals surface area (Å²) in [5, 5.41) is 2.83. The minimum atomic E-state index is -4.09. The van der Waals surface area contributed by atoms with E-state index in [2.05, 4.69) is 12.2 Å². The predicted octanol–water partition coefficient (Wildman–Crippen LogP) is 3.99. The molecular formula is C24H34N2O6S. The summed E-state index contributed by atoms with van der Waals surface area (Å²) >= 11 is 0. The number of unbranched alkanes of at least 4 members (excludes halogenated alkanes) is 4. The van der Waals surface area contributed by atoms with Gasteiger partial charge in [-0.2, -0.15) is 0 Å². The Bertz CT molecular complexity index is 993. The Morgan fingerprint density at radius 2 is 1.52 bits per heavy atom. The Hall–Kier alpha value is -2.94. The van der Waals surface area contributed by atoms with Gasteiger partial charge in [-0.15, -0.1) is 0 Å². The molecule has 0 saturated carbocycles. The zero-order chi connectivity index (χ0) is 24.3. The van der Waals surface area contributed by atoms with E-state index in [4.69, 9.17) is 14.2 Å². The summed E-state index contributed by atoms with van der Waals surface area (Å²) in [4.78, 5) is 12.8. The maximum atomic E-state index is 13.6. The average Bonchev–Trinajstić information content (AvgIpc) is 2.84. The second kappa shape index (κ2) is 12.9. The van der Waals surface area contributed by atoms with Gasteiger partial charge < -0.3 is 19.5 Å². The molecule has 0 fully saturated rings. The van der Waals surface area contributed by atoms with E-state index in [-0.39, 0.29) is 10.6 Å². The molecule has 2 rings (SSSR count). The molecule has 2 aromatic rings. The van der Waals surface area contributed by atoms with Gasteiger partial charge in [0.25, 0.3) is 10.0 Å². The summed E-state index contributed by atoms with van der Waals surface area (Å²) in [6.07, 6.45) is 5.29. The van der Waals surface area contributed by atoms with Crippen LogP contribution in [0.5, 0.6) is 17.2 Å². The highest BCUT2D eigenvalue weighted by molar-refractivity contribution is 7.92. The monoisotopic (exact) mass is 478 g/mol. The normalized spacial score (nSPS) is 11.0. The van der Waals surface area contributed by atoms with Crippen LogP contribution in [0.25, 0.3) is 0 Å². The molecular weight excluding hydrogens is 444 g/mol. The number of nitrogens with one attached hydrogen (secondary N) is 1. The van der Waals surface area contributed by atoms with Crippen LogP contribution in [0, 0.1) is 0 Å². The maximum absolute atomic E-state index is 13.6. The molecule has 0 unspecified atom stereocenters. The van der Waals surface area contributed by atoms with Crippen molar-refractivity contribution >= 4 is 21.6 Å². The minimum absolute atomic E-state index is 0.0283. The van der Waals surface area contributed by atoms with Gasteiger partial charge in [0, 0.05) is 12.6 Å². The standard InChI is InChI=1S/C24H34N2O6S/c1-5-6-7-8-9-16-25-24(27)18-26(22-17-20(31-3)12-15-23(22)32-4)33(28,29)21-13-10-19(30-2)11-14-21/h10-15,17H,5-9,16,18H2,1-4H3,(H,25,27). The summed E-state index contributed by atoms with van der Waals surface area (Å²) in [6, 6.07) is 10.8. The number of hydrogen-bond acceptors (Lipinski definition) is 6. The molecule has 33 heavy (non-hydrogen) atoms. The molecule has 0 aliphatic rings. The van der Waals surface area contributed by atoms with Crippen LogP contribution < -0.4 is 23.8 Å². The van der Waals surface area contributed by atoms with Crippen molar-refractivity contribution in [2.24, 2.45) is 0 Å². The summed E-state index contributed by atoms with van der Waals surface area (Å²) in [7, 11) is 0.340. The molecule has 2 aromatic carbocycles. The van der Waals surface area contributed by atoms with Crippen LogP contribution in [0.2, 0.25) is 0 Å². The van der Waals surface area contributed by atoms with E-state index in [1.54, 1.807) is 24.3 Å². The highest BCUT2D eigenvalue weighted by Crippen LogP contribution is 2.35. The third kappa shape index (κ3) is 7.28. The lowest BCUT2D eigenvalue weighted by atomic mass is 10.1. The lowest BCUT2D eigenvalue weighted by Gasteiger charge is -2.26. The molecule has 9 heteroatoms. The fourth-order valence-corrected chi connectivity index (χ4v) is 4.73. The molecule has 0 spiro atoms. The Kier molecular flexibility index (Phi) is 10.3. The van der Waals surface area contributed by atoms with Crippen LogP contribution in [0.1, 0.15) is 39.0 Å². The van der Waals surface area contributed by atoms with Crippen LogP contribution in [0.15, 0.2) is 47.4 Å².